The van der Waals surface area contributed by atoms with Gasteiger partial charge >= 0.3 is 0 Å². The molecular formula is C16H14N4OS. The lowest BCUT2D eigenvalue weighted by Crippen LogP contribution is -2.22. The number of rotatable bonds is 3. The Morgan fingerprint density at radius 1 is 1.09 bits per heavy atom. The highest BCUT2D eigenvalue weighted by molar-refractivity contribution is 7.71. The molecular weight excluding hydrogens is 296 g/mol. The highest BCUT2D eigenvalue weighted by atomic mass is 32.1. The molecule has 6 heteroatoms. The number of hydrogen-bond acceptors (Lipinski definition) is 3. The molecule has 0 amide bonds. The molecule has 0 radical (unpaired) electrons. The van der Waals surface area contributed by atoms with Crippen LogP contribution in [0.15, 0.2) is 47.3 Å². The van der Waals surface area contributed by atoms with Gasteiger partial charge in [0.1, 0.15) is 0 Å². The third-order valence-corrected chi connectivity index (χ3v) is 4.05. The second-order valence-corrected chi connectivity index (χ2v) is 5.81. The molecule has 0 aliphatic heterocycles. The van der Waals surface area contributed by atoms with Crippen LogP contribution in [0.3, 0.4) is 0 Å². The smallest absolute Gasteiger partial charge is 0.262 e. The van der Waals surface area contributed by atoms with Crippen LogP contribution in [0.1, 0.15) is 18.9 Å². The van der Waals surface area contributed by atoms with Crippen LogP contribution in [0.25, 0.3) is 22.6 Å². The molecule has 1 aliphatic carbocycles. The molecule has 2 aromatic heterocycles. The van der Waals surface area contributed by atoms with E-state index in [1.807, 2.05) is 47.0 Å². The highest BCUT2D eigenvalue weighted by Crippen LogP contribution is 2.37. The summed E-state index contributed by atoms with van der Waals surface area (Å²) in [6, 6.07) is 14.1. The van der Waals surface area contributed by atoms with Gasteiger partial charge in [-0.3, -0.25) is 15.0 Å². The summed E-state index contributed by atoms with van der Waals surface area (Å²) in [6.07, 6.45) is 2.08. The molecule has 0 unspecified atom stereocenters. The molecule has 1 saturated carbocycles. The van der Waals surface area contributed by atoms with Crippen molar-refractivity contribution >= 4 is 12.2 Å². The van der Waals surface area contributed by atoms with Crippen molar-refractivity contribution in [3.05, 3.63) is 57.6 Å². The second kappa shape index (κ2) is 5.06. The van der Waals surface area contributed by atoms with Crippen LogP contribution in [0, 0.1) is 4.77 Å². The lowest BCUT2D eigenvalue weighted by Gasteiger charge is -2.13. The third kappa shape index (κ3) is 2.21. The zero-order chi connectivity index (χ0) is 15.1. The van der Waals surface area contributed by atoms with Gasteiger partial charge in [0, 0.05) is 6.04 Å². The number of pyridine rings is 1. The maximum absolute atomic E-state index is 12.9. The molecule has 0 saturated heterocycles. The van der Waals surface area contributed by atoms with Gasteiger partial charge in [0.05, 0.1) is 11.3 Å². The molecule has 0 atom stereocenters. The van der Waals surface area contributed by atoms with E-state index in [2.05, 4.69) is 15.2 Å². The average Bonchev–Trinajstić information content (AvgIpc) is 3.29. The summed E-state index contributed by atoms with van der Waals surface area (Å²) in [5.74, 6) is 0.490. The van der Waals surface area contributed by atoms with Crippen LogP contribution in [-0.4, -0.2) is 19.7 Å². The van der Waals surface area contributed by atoms with Crippen LogP contribution < -0.4 is 5.56 Å². The van der Waals surface area contributed by atoms with E-state index in [-0.39, 0.29) is 11.6 Å². The Balaban J connectivity index is 1.94. The highest BCUT2D eigenvalue weighted by Gasteiger charge is 2.28. The fourth-order valence-corrected chi connectivity index (χ4v) is 2.81. The van der Waals surface area contributed by atoms with E-state index in [0.29, 0.717) is 16.2 Å². The van der Waals surface area contributed by atoms with Gasteiger partial charge in [-0.05, 0) is 42.8 Å². The third-order valence-electron chi connectivity index (χ3n) is 3.85. The Bertz CT molecular complexity index is 935. The lowest BCUT2D eigenvalue weighted by atomic mass is 10.1. The molecule has 2 N–H and O–H groups in total. The predicted molar refractivity (Wildman–Crippen MR) is 87.2 cm³/mol. The molecule has 22 heavy (non-hydrogen) atoms. The molecule has 3 aromatic rings. The largest absolute Gasteiger partial charge is 0.305 e. The average molecular weight is 310 g/mol. The fourth-order valence-electron chi connectivity index (χ4n) is 2.67. The molecule has 110 valence electrons. The number of nitrogens with zero attached hydrogens (tertiary/aromatic N) is 2. The van der Waals surface area contributed by atoms with Gasteiger partial charge in [0.25, 0.3) is 5.56 Å². The van der Waals surface area contributed by atoms with Crippen molar-refractivity contribution in [1.82, 2.24) is 19.7 Å². The molecule has 5 nitrogen and oxygen atoms in total. The Hall–Kier alpha value is -2.47. The number of H-pyrrole nitrogens is 2. The van der Waals surface area contributed by atoms with E-state index in [4.69, 9.17) is 12.2 Å². The Morgan fingerprint density at radius 3 is 2.50 bits per heavy atom. The summed E-state index contributed by atoms with van der Waals surface area (Å²) in [7, 11) is 0. The van der Waals surface area contributed by atoms with E-state index >= 15 is 0 Å². The minimum atomic E-state index is -0.0263. The Labute approximate surface area is 131 Å². The fraction of sp³-hybridized carbons (Fsp3) is 0.188. The van der Waals surface area contributed by atoms with Crippen molar-refractivity contribution in [2.24, 2.45) is 0 Å². The van der Waals surface area contributed by atoms with Crippen LogP contribution in [0.4, 0.5) is 0 Å². The standard InChI is InChI=1S/C16H14N4OS/c21-15-12(14-17-16(22)19-18-14)8-9-13(20(15)11-6-7-11)10-4-2-1-3-5-10/h1-5,8-9,11H,6-7H2,(H2,17,18,19,22). The maximum Gasteiger partial charge on any atom is 0.262 e. The van der Waals surface area contributed by atoms with Gasteiger partial charge in [-0.2, -0.15) is 4.98 Å². The maximum atomic E-state index is 12.9. The number of hydrogen-bond donors (Lipinski definition) is 2. The summed E-state index contributed by atoms with van der Waals surface area (Å²) in [5.41, 5.74) is 2.51. The lowest BCUT2D eigenvalue weighted by molar-refractivity contribution is 0.717. The minimum absolute atomic E-state index is 0.0263. The van der Waals surface area contributed by atoms with Crippen LogP contribution in [0.5, 0.6) is 0 Å². The zero-order valence-corrected chi connectivity index (χ0v) is 12.6. The Kier molecular flexibility index (Phi) is 3.04. The van der Waals surface area contributed by atoms with Gasteiger partial charge in [-0.25, -0.2) is 0 Å². The van der Waals surface area contributed by atoms with Crippen LogP contribution >= 0.6 is 12.2 Å². The predicted octanol–water partition coefficient (Wildman–Crippen LogP) is 3.30. The molecule has 0 bridgehead atoms. The van der Waals surface area contributed by atoms with Gasteiger partial charge in [0.2, 0.25) is 4.77 Å². The van der Waals surface area contributed by atoms with E-state index in [1.165, 1.54) is 0 Å². The van der Waals surface area contributed by atoms with Crippen LogP contribution in [-0.2, 0) is 0 Å². The summed E-state index contributed by atoms with van der Waals surface area (Å²) in [4.78, 5) is 17.1. The number of nitrogens with one attached hydrogen (secondary N) is 2. The quantitative estimate of drug-likeness (QED) is 0.729. The van der Waals surface area contributed by atoms with Gasteiger partial charge in [-0.1, -0.05) is 30.3 Å². The van der Waals surface area contributed by atoms with Crippen LogP contribution in [0.2, 0.25) is 0 Å². The second-order valence-electron chi connectivity index (χ2n) is 5.42. The summed E-state index contributed by atoms with van der Waals surface area (Å²) in [5, 5.41) is 5.59. The first kappa shape index (κ1) is 13.2. The summed E-state index contributed by atoms with van der Waals surface area (Å²) >= 11 is 4.97. The summed E-state index contributed by atoms with van der Waals surface area (Å²) < 4.78 is 2.23. The number of aromatic amines is 2. The van der Waals surface area contributed by atoms with Crippen molar-refractivity contribution in [2.75, 3.05) is 0 Å². The SMILES string of the molecule is O=c1c(-c2nc(=S)[nH][nH]2)ccc(-c2ccccc2)n1C1CC1. The van der Waals surface area contributed by atoms with E-state index < -0.39 is 0 Å². The van der Waals surface area contributed by atoms with Gasteiger partial charge in [0.15, 0.2) is 5.82 Å². The van der Waals surface area contributed by atoms with Gasteiger partial charge < -0.3 is 4.57 Å². The molecule has 1 aliphatic rings. The number of benzene rings is 1. The van der Waals surface area contributed by atoms with Crippen molar-refractivity contribution in [3.63, 3.8) is 0 Å². The molecule has 1 aromatic carbocycles. The first-order chi connectivity index (χ1) is 10.7. The molecule has 0 spiro atoms. The topological polar surface area (TPSA) is 66.5 Å². The zero-order valence-electron chi connectivity index (χ0n) is 11.7. The van der Waals surface area contributed by atoms with Crippen molar-refractivity contribution in [2.45, 2.75) is 18.9 Å². The van der Waals surface area contributed by atoms with Gasteiger partial charge in [-0.15, -0.1) is 0 Å². The molecule has 2 heterocycles. The van der Waals surface area contributed by atoms with Crippen molar-refractivity contribution in [1.29, 1.82) is 0 Å². The summed E-state index contributed by atoms with van der Waals surface area (Å²) in [6.45, 7) is 0. The normalized spacial score (nSPS) is 14.2. The van der Waals surface area contributed by atoms with E-state index in [0.717, 1.165) is 24.1 Å². The van der Waals surface area contributed by atoms with Crippen molar-refractivity contribution < 1.29 is 0 Å². The van der Waals surface area contributed by atoms with Crippen molar-refractivity contribution in [3.8, 4) is 22.6 Å². The first-order valence-electron chi connectivity index (χ1n) is 7.20. The van der Waals surface area contributed by atoms with E-state index in [1.54, 1.807) is 0 Å². The monoisotopic (exact) mass is 310 g/mol. The molecule has 1 fully saturated rings. The number of aromatic nitrogens is 4. The molecule has 4 rings (SSSR count). The van der Waals surface area contributed by atoms with E-state index in [9.17, 15) is 4.79 Å². The minimum Gasteiger partial charge on any atom is -0.305 e. The first-order valence-corrected chi connectivity index (χ1v) is 7.61. The Morgan fingerprint density at radius 2 is 1.86 bits per heavy atom.